The van der Waals surface area contributed by atoms with Crippen LogP contribution in [0.5, 0.6) is 0 Å². The van der Waals surface area contributed by atoms with Crippen molar-refractivity contribution in [3.8, 4) is 0 Å². The van der Waals surface area contributed by atoms with Gasteiger partial charge < -0.3 is 5.32 Å². The SMILES string of the molecule is CC(=O)NC(S)S. The Morgan fingerprint density at radius 1 is 1.71 bits per heavy atom. The molecule has 0 aliphatic rings. The maximum absolute atomic E-state index is 10.0. The molecule has 0 aliphatic carbocycles. The van der Waals surface area contributed by atoms with Crippen molar-refractivity contribution in [2.24, 2.45) is 0 Å². The van der Waals surface area contributed by atoms with Crippen LogP contribution >= 0.6 is 25.3 Å². The molecular formula is C3H7NOS2. The van der Waals surface area contributed by atoms with Crippen LogP contribution < -0.4 is 5.32 Å². The fourth-order valence-electron chi connectivity index (χ4n) is 0.182. The summed E-state index contributed by atoms with van der Waals surface area (Å²) in [7, 11) is 0. The molecule has 0 aromatic rings. The van der Waals surface area contributed by atoms with Crippen molar-refractivity contribution in [3.05, 3.63) is 0 Å². The van der Waals surface area contributed by atoms with Crippen molar-refractivity contribution in [2.75, 3.05) is 0 Å². The van der Waals surface area contributed by atoms with Crippen LogP contribution in [0.2, 0.25) is 0 Å². The summed E-state index contributed by atoms with van der Waals surface area (Å²) in [6, 6.07) is 0. The van der Waals surface area contributed by atoms with Crippen molar-refractivity contribution in [3.63, 3.8) is 0 Å². The fourth-order valence-corrected chi connectivity index (χ4v) is 0.545. The number of carbonyl (C=O) groups is 1. The van der Waals surface area contributed by atoms with Crippen LogP contribution in [0.15, 0.2) is 0 Å². The van der Waals surface area contributed by atoms with Gasteiger partial charge in [0.25, 0.3) is 0 Å². The summed E-state index contributed by atoms with van der Waals surface area (Å²) in [6.07, 6.45) is 0. The maximum Gasteiger partial charge on any atom is 0.218 e. The van der Waals surface area contributed by atoms with Gasteiger partial charge in [0, 0.05) is 6.92 Å². The van der Waals surface area contributed by atoms with Gasteiger partial charge in [-0.3, -0.25) is 4.79 Å². The summed E-state index contributed by atoms with van der Waals surface area (Å²) in [5.41, 5.74) is 0. The highest BCUT2D eigenvalue weighted by molar-refractivity contribution is 7.99. The second-order valence-corrected chi connectivity index (χ2v) is 2.51. The number of rotatable bonds is 1. The van der Waals surface area contributed by atoms with Crippen molar-refractivity contribution in [1.82, 2.24) is 5.32 Å². The first-order valence-electron chi connectivity index (χ1n) is 1.76. The second kappa shape index (κ2) is 3.21. The van der Waals surface area contributed by atoms with Crippen LogP contribution in [0, 0.1) is 0 Å². The number of hydrogen-bond donors (Lipinski definition) is 3. The van der Waals surface area contributed by atoms with E-state index in [2.05, 4.69) is 30.6 Å². The summed E-state index contributed by atoms with van der Waals surface area (Å²) >= 11 is 7.54. The molecule has 0 aromatic heterocycles. The quantitative estimate of drug-likeness (QED) is 0.351. The maximum atomic E-state index is 10.0. The van der Waals surface area contributed by atoms with E-state index in [1.54, 1.807) is 0 Å². The van der Waals surface area contributed by atoms with Gasteiger partial charge in [0.15, 0.2) is 0 Å². The average Bonchev–Trinajstić information content (AvgIpc) is 1.27. The normalized spacial score (nSPS) is 9.14. The van der Waals surface area contributed by atoms with E-state index in [1.807, 2.05) is 0 Å². The van der Waals surface area contributed by atoms with Gasteiger partial charge >= 0.3 is 0 Å². The standard InChI is InChI=1S/C3H7NOS2/c1-2(5)4-3(6)7/h3,6-7H,1H3,(H,4,5). The molecule has 7 heavy (non-hydrogen) atoms. The lowest BCUT2D eigenvalue weighted by Crippen LogP contribution is -2.23. The Hall–Kier alpha value is 0.170. The third kappa shape index (κ3) is 6.17. The molecular weight excluding hydrogens is 130 g/mol. The predicted octanol–water partition coefficient (Wildman–Crippen LogP) is 0.266. The van der Waals surface area contributed by atoms with E-state index in [0.717, 1.165) is 0 Å². The Balaban J connectivity index is 3.13. The second-order valence-electron chi connectivity index (χ2n) is 1.07. The van der Waals surface area contributed by atoms with Crippen LogP contribution in [0.3, 0.4) is 0 Å². The Bertz CT molecular complexity index is 73.3. The number of thiol groups is 2. The minimum Gasteiger partial charge on any atom is -0.336 e. The van der Waals surface area contributed by atoms with Gasteiger partial charge in [-0.05, 0) is 0 Å². The van der Waals surface area contributed by atoms with Gasteiger partial charge in [0.1, 0.15) is 4.71 Å². The minimum absolute atomic E-state index is 0.116. The van der Waals surface area contributed by atoms with Gasteiger partial charge in [-0.2, -0.15) is 0 Å². The van der Waals surface area contributed by atoms with E-state index >= 15 is 0 Å². The van der Waals surface area contributed by atoms with E-state index in [0.29, 0.717) is 0 Å². The van der Waals surface area contributed by atoms with Crippen molar-refractivity contribution in [2.45, 2.75) is 11.6 Å². The molecule has 1 amide bonds. The molecule has 0 saturated carbocycles. The summed E-state index contributed by atoms with van der Waals surface area (Å²) in [5.74, 6) is -0.116. The van der Waals surface area contributed by atoms with E-state index in [-0.39, 0.29) is 10.6 Å². The lowest BCUT2D eigenvalue weighted by atomic mass is 10.7. The molecule has 0 aliphatic heterocycles. The largest absolute Gasteiger partial charge is 0.336 e. The summed E-state index contributed by atoms with van der Waals surface area (Å²) in [5, 5.41) is 2.40. The molecule has 0 heterocycles. The highest BCUT2D eigenvalue weighted by Crippen LogP contribution is 1.91. The van der Waals surface area contributed by atoms with E-state index in [9.17, 15) is 4.79 Å². The minimum atomic E-state index is -0.336. The monoisotopic (exact) mass is 137 g/mol. The molecule has 4 heteroatoms. The molecule has 0 saturated heterocycles. The summed E-state index contributed by atoms with van der Waals surface area (Å²) < 4.78 is -0.336. The Kier molecular flexibility index (Phi) is 3.29. The Labute approximate surface area is 53.5 Å². The molecule has 2 nitrogen and oxygen atoms in total. The van der Waals surface area contributed by atoms with Crippen LogP contribution in [0.4, 0.5) is 0 Å². The molecule has 0 atom stereocenters. The fraction of sp³-hybridized carbons (Fsp3) is 0.667. The first-order chi connectivity index (χ1) is 3.13. The van der Waals surface area contributed by atoms with Crippen molar-refractivity contribution >= 4 is 31.2 Å². The predicted molar refractivity (Wildman–Crippen MR) is 35.6 cm³/mol. The van der Waals surface area contributed by atoms with Crippen LogP contribution in [0.25, 0.3) is 0 Å². The van der Waals surface area contributed by atoms with E-state index in [4.69, 9.17) is 0 Å². The first kappa shape index (κ1) is 7.17. The third-order valence-electron chi connectivity index (χ3n) is 0.332. The average molecular weight is 137 g/mol. The molecule has 0 aromatic carbocycles. The van der Waals surface area contributed by atoms with Crippen LogP contribution in [0.1, 0.15) is 6.92 Å². The van der Waals surface area contributed by atoms with Gasteiger partial charge in [-0.25, -0.2) is 0 Å². The summed E-state index contributed by atoms with van der Waals surface area (Å²) in [6.45, 7) is 1.42. The van der Waals surface area contributed by atoms with Crippen LogP contribution in [-0.2, 0) is 4.79 Å². The van der Waals surface area contributed by atoms with Crippen molar-refractivity contribution < 1.29 is 4.79 Å². The van der Waals surface area contributed by atoms with E-state index in [1.165, 1.54) is 6.92 Å². The topological polar surface area (TPSA) is 29.1 Å². The Morgan fingerprint density at radius 2 is 2.14 bits per heavy atom. The molecule has 0 spiro atoms. The zero-order valence-electron chi connectivity index (χ0n) is 3.88. The molecule has 0 radical (unpaired) electrons. The molecule has 0 unspecified atom stereocenters. The number of carbonyl (C=O) groups excluding carboxylic acids is 1. The highest BCUT2D eigenvalue weighted by atomic mass is 32.2. The Morgan fingerprint density at radius 3 is 2.14 bits per heavy atom. The number of amides is 1. The zero-order valence-corrected chi connectivity index (χ0v) is 5.67. The van der Waals surface area contributed by atoms with Gasteiger partial charge in [0.05, 0.1) is 0 Å². The molecule has 1 N–H and O–H groups in total. The zero-order chi connectivity index (χ0) is 5.86. The lowest BCUT2D eigenvalue weighted by Gasteiger charge is -2.00. The number of hydrogen-bond acceptors (Lipinski definition) is 3. The van der Waals surface area contributed by atoms with E-state index < -0.39 is 0 Å². The molecule has 42 valence electrons. The third-order valence-corrected chi connectivity index (χ3v) is 0.591. The van der Waals surface area contributed by atoms with Gasteiger partial charge in [-0.1, -0.05) is 0 Å². The molecule has 0 rings (SSSR count). The lowest BCUT2D eigenvalue weighted by molar-refractivity contribution is -0.118. The molecule has 0 bridgehead atoms. The highest BCUT2D eigenvalue weighted by Gasteiger charge is 1.92. The smallest absolute Gasteiger partial charge is 0.218 e. The molecule has 0 fully saturated rings. The van der Waals surface area contributed by atoms with Gasteiger partial charge in [-0.15, -0.1) is 25.3 Å². The summed E-state index contributed by atoms with van der Waals surface area (Å²) in [4.78, 5) is 10.0. The van der Waals surface area contributed by atoms with Gasteiger partial charge in [0.2, 0.25) is 5.91 Å². The van der Waals surface area contributed by atoms with Crippen molar-refractivity contribution in [1.29, 1.82) is 0 Å². The first-order valence-corrected chi connectivity index (χ1v) is 2.79. The van der Waals surface area contributed by atoms with Crippen LogP contribution in [-0.4, -0.2) is 10.6 Å². The number of nitrogens with one attached hydrogen (secondary N) is 1.